The SMILES string of the molecule is CN(CC(=O)Nc1ccccc1)C(=O)c1cccn1C1CCN(C(=O)OC(C)(C)C)CC1. The quantitative estimate of drug-likeness (QED) is 0.767. The number of nitrogens with zero attached hydrogens (tertiary/aromatic N) is 3. The minimum Gasteiger partial charge on any atom is -0.444 e. The summed E-state index contributed by atoms with van der Waals surface area (Å²) in [6.45, 7) is 6.65. The Kier molecular flexibility index (Phi) is 7.22. The second-order valence-corrected chi connectivity index (χ2v) is 9.07. The average molecular weight is 441 g/mol. The molecule has 8 nitrogen and oxygen atoms in total. The number of likely N-dealkylation sites (tertiary alicyclic amines) is 1. The molecule has 0 atom stereocenters. The molecule has 8 heteroatoms. The lowest BCUT2D eigenvalue weighted by atomic mass is 10.0. The largest absolute Gasteiger partial charge is 0.444 e. The minimum absolute atomic E-state index is 0.0456. The summed E-state index contributed by atoms with van der Waals surface area (Å²) in [5.41, 5.74) is 0.708. The van der Waals surface area contributed by atoms with E-state index in [9.17, 15) is 14.4 Å². The number of anilines is 1. The predicted octanol–water partition coefficient (Wildman–Crippen LogP) is 3.77. The summed E-state index contributed by atoms with van der Waals surface area (Å²) in [6, 6.07) is 12.9. The van der Waals surface area contributed by atoms with E-state index in [1.807, 2.05) is 55.8 Å². The van der Waals surface area contributed by atoms with Gasteiger partial charge >= 0.3 is 6.09 Å². The zero-order valence-corrected chi connectivity index (χ0v) is 19.2. The van der Waals surface area contributed by atoms with Gasteiger partial charge in [-0.05, 0) is 57.9 Å². The number of likely N-dealkylation sites (N-methyl/N-ethyl adjacent to an activating group) is 1. The van der Waals surface area contributed by atoms with Gasteiger partial charge in [0.2, 0.25) is 5.91 Å². The van der Waals surface area contributed by atoms with Crippen LogP contribution in [-0.4, -0.2) is 64.6 Å². The molecule has 1 saturated heterocycles. The molecule has 1 fully saturated rings. The van der Waals surface area contributed by atoms with Gasteiger partial charge in [-0.15, -0.1) is 0 Å². The predicted molar refractivity (Wildman–Crippen MR) is 123 cm³/mol. The average Bonchev–Trinajstić information content (AvgIpc) is 3.22. The highest BCUT2D eigenvalue weighted by molar-refractivity contribution is 5.98. The molecule has 0 radical (unpaired) electrons. The van der Waals surface area contributed by atoms with Crippen LogP contribution >= 0.6 is 0 Å². The first-order valence-electron chi connectivity index (χ1n) is 10.9. The number of aromatic nitrogens is 1. The van der Waals surface area contributed by atoms with Crippen LogP contribution in [0.4, 0.5) is 10.5 Å². The standard InChI is InChI=1S/C24H32N4O4/c1-24(2,3)32-23(31)27-15-12-19(13-16-27)28-14-8-11-20(28)22(30)26(4)17-21(29)25-18-9-6-5-7-10-18/h5-11,14,19H,12-13,15-17H2,1-4H3,(H,25,29). The van der Waals surface area contributed by atoms with Gasteiger partial charge < -0.3 is 24.4 Å². The minimum atomic E-state index is -0.522. The molecule has 1 aliphatic rings. The van der Waals surface area contributed by atoms with Crippen LogP contribution in [0.2, 0.25) is 0 Å². The van der Waals surface area contributed by atoms with Gasteiger partial charge in [-0.1, -0.05) is 18.2 Å². The highest BCUT2D eigenvalue weighted by Gasteiger charge is 2.29. The molecule has 2 aromatic rings. The number of amides is 3. The third kappa shape index (κ3) is 6.12. The van der Waals surface area contributed by atoms with Crippen LogP contribution in [0.5, 0.6) is 0 Å². The fourth-order valence-corrected chi connectivity index (χ4v) is 3.75. The van der Waals surface area contributed by atoms with Gasteiger partial charge in [-0.3, -0.25) is 9.59 Å². The summed E-state index contributed by atoms with van der Waals surface area (Å²) < 4.78 is 7.42. The zero-order valence-electron chi connectivity index (χ0n) is 19.2. The van der Waals surface area contributed by atoms with Gasteiger partial charge in [0, 0.05) is 38.1 Å². The number of para-hydroxylation sites is 1. The van der Waals surface area contributed by atoms with Crippen molar-refractivity contribution in [3.8, 4) is 0 Å². The molecular weight excluding hydrogens is 408 g/mol. The lowest BCUT2D eigenvalue weighted by Gasteiger charge is -2.34. The number of nitrogens with one attached hydrogen (secondary N) is 1. The van der Waals surface area contributed by atoms with Crippen molar-refractivity contribution in [3.63, 3.8) is 0 Å². The van der Waals surface area contributed by atoms with E-state index in [2.05, 4.69) is 5.32 Å². The summed E-state index contributed by atoms with van der Waals surface area (Å²) in [4.78, 5) is 40.8. The van der Waals surface area contributed by atoms with Crippen LogP contribution in [0, 0.1) is 0 Å². The first-order chi connectivity index (χ1) is 15.1. The molecular formula is C24H32N4O4. The van der Waals surface area contributed by atoms with Crippen molar-refractivity contribution in [2.45, 2.75) is 45.3 Å². The maximum absolute atomic E-state index is 13.0. The fourth-order valence-electron chi connectivity index (χ4n) is 3.75. The zero-order chi connectivity index (χ0) is 23.3. The first-order valence-corrected chi connectivity index (χ1v) is 10.9. The lowest BCUT2D eigenvalue weighted by molar-refractivity contribution is -0.116. The van der Waals surface area contributed by atoms with Gasteiger partial charge in [-0.2, -0.15) is 0 Å². The van der Waals surface area contributed by atoms with Crippen molar-refractivity contribution < 1.29 is 19.1 Å². The molecule has 0 saturated carbocycles. The summed E-state index contributed by atoms with van der Waals surface area (Å²) >= 11 is 0. The van der Waals surface area contributed by atoms with E-state index in [1.54, 1.807) is 30.1 Å². The van der Waals surface area contributed by atoms with Crippen LogP contribution in [0.15, 0.2) is 48.7 Å². The van der Waals surface area contributed by atoms with Crippen LogP contribution in [0.1, 0.15) is 50.1 Å². The molecule has 1 aliphatic heterocycles. The Morgan fingerprint density at radius 2 is 1.72 bits per heavy atom. The Morgan fingerprint density at radius 3 is 2.34 bits per heavy atom. The van der Waals surface area contributed by atoms with Gasteiger partial charge in [-0.25, -0.2) is 4.79 Å². The van der Waals surface area contributed by atoms with Crippen molar-refractivity contribution in [2.75, 3.05) is 32.0 Å². The second kappa shape index (κ2) is 9.89. The maximum Gasteiger partial charge on any atom is 0.410 e. The Morgan fingerprint density at radius 1 is 1.06 bits per heavy atom. The molecule has 0 aliphatic carbocycles. The van der Waals surface area contributed by atoms with Gasteiger partial charge in [0.25, 0.3) is 5.91 Å². The second-order valence-electron chi connectivity index (χ2n) is 9.07. The number of rotatable bonds is 5. The number of carbonyl (C=O) groups is 3. The van der Waals surface area contributed by atoms with Crippen LogP contribution < -0.4 is 5.32 Å². The van der Waals surface area contributed by atoms with Crippen LogP contribution in [0.25, 0.3) is 0 Å². The number of hydrogen-bond acceptors (Lipinski definition) is 4. The number of benzene rings is 1. The first kappa shape index (κ1) is 23.4. The molecule has 0 bridgehead atoms. The van der Waals surface area contributed by atoms with E-state index in [-0.39, 0.29) is 30.5 Å². The van der Waals surface area contributed by atoms with E-state index >= 15 is 0 Å². The molecule has 1 N–H and O–H groups in total. The van der Waals surface area contributed by atoms with Crippen molar-refractivity contribution >= 4 is 23.6 Å². The number of piperidine rings is 1. The topological polar surface area (TPSA) is 83.9 Å². The number of carbonyl (C=O) groups excluding carboxylic acids is 3. The van der Waals surface area contributed by atoms with E-state index in [4.69, 9.17) is 4.74 Å². The van der Waals surface area contributed by atoms with Crippen molar-refractivity contribution in [1.29, 1.82) is 0 Å². The van der Waals surface area contributed by atoms with Crippen LogP contribution in [-0.2, 0) is 9.53 Å². The normalized spacial score (nSPS) is 14.7. The molecule has 1 aromatic carbocycles. The Bertz CT molecular complexity index is 940. The van der Waals surface area contributed by atoms with E-state index in [1.165, 1.54) is 4.90 Å². The van der Waals surface area contributed by atoms with Crippen molar-refractivity contribution in [3.05, 3.63) is 54.4 Å². The van der Waals surface area contributed by atoms with Crippen LogP contribution in [0.3, 0.4) is 0 Å². The molecule has 3 rings (SSSR count). The molecule has 32 heavy (non-hydrogen) atoms. The fraction of sp³-hybridized carbons (Fsp3) is 0.458. The smallest absolute Gasteiger partial charge is 0.410 e. The number of hydrogen-bond donors (Lipinski definition) is 1. The lowest BCUT2D eigenvalue weighted by Crippen LogP contribution is -2.42. The van der Waals surface area contributed by atoms with E-state index in [0.717, 1.165) is 12.8 Å². The van der Waals surface area contributed by atoms with Gasteiger partial charge in [0.1, 0.15) is 11.3 Å². The summed E-state index contributed by atoms with van der Waals surface area (Å²) in [5, 5.41) is 2.79. The van der Waals surface area contributed by atoms with E-state index in [0.29, 0.717) is 24.5 Å². The summed E-state index contributed by atoms with van der Waals surface area (Å²) in [6.07, 6.45) is 3.04. The third-order valence-electron chi connectivity index (χ3n) is 5.29. The van der Waals surface area contributed by atoms with E-state index < -0.39 is 5.60 Å². The molecule has 3 amide bonds. The molecule has 2 heterocycles. The molecule has 1 aromatic heterocycles. The Hall–Kier alpha value is -3.29. The van der Waals surface area contributed by atoms with Crippen molar-refractivity contribution in [2.24, 2.45) is 0 Å². The molecule has 0 unspecified atom stereocenters. The molecule has 0 spiro atoms. The monoisotopic (exact) mass is 440 g/mol. The van der Waals surface area contributed by atoms with Gasteiger partial charge in [0.05, 0.1) is 6.54 Å². The molecule has 172 valence electrons. The third-order valence-corrected chi connectivity index (χ3v) is 5.29. The Labute approximate surface area is 189 Å². The van der Waals surface area contributed by atoms with Crippen molar-refractivity contribution in [1.82, 2.24) is 14.4 Å². The summed E-state index contributed by atoms with van der Waals surface area (Å²) in [5.74, 6) is -0.469. The maximum atomic E-state index is 13.0. The Balaban J connectivity index is 1.57. The highest BCUT2D eigenvalue weighted by Crippen LogP contribution is 2.26. The van der Waals surface area contributed by atoms with Gasteiger partial charge in [0.15, 0.2) is 0 Å². The number of ether oxygens (including phenoxy) is 1. The summed E-state index contributed by atoms with van der Waals surface area (Å²) in [7, 11) is 1.62. The highest BCUT2D eigenvalue weighted by atomic mass is 16.6.